The Hall–Kier alpha value is -3.35. The molecule has 2 fully saturated rings. The number of carbonyl (C=O) groups excluding carboxylic acids is 3. The lowest BCUT2D eigenvalue weighted by molar-refractivity contribution is -0.140. The summed E-state index contributed by atoms with van der Waals surface area (Å²) in [5.74, 6) is 0.518. The summed E-state index contributed by atoms with van der Waals surface area (Å²) in [6.07, 6.45) is 0.253. The largest absolute Gasteiger partial charge is 0.497 e. The third-order valence-electron chi connectivity index (χ3n) is 6.59. The highest BCUT2D eigenvalue weighted by Gasteiger charge is 2.59. The summed E-state index contributed by atoms with van der Waals surface area (Å²) in [6, 6.07) is 16.6. The van der Waals surface area contributed by atoms with E-state index in [1.54, 1.807) is 48.0 Å². The number of amides is 3. The molecule has 0 N–H and O–H groups in total. The molecule has 2 aromatic carbocycles. The normalized spacial score (nSPS) is 21.9. The number of rotatable bonds is 5. The number of nitrogens with zero attached hydrogens (tertiary/aromatic N) is 3. The molecule has 168 valence electrons. The molecule has 32 heavy (non-hydrogen) atoms. The number of hydrogen-bond acceptors (Lipinski definition) is 4. The minimum absolute atomic E-state index is 0.0143. The van der Waals surface area contributed by atoms with Gasteiger partial charge in [0.05, 0.1) is 18.9 Å². The quantitative estimate of drug-likeness (QED) is 0.720. The predicted octanol–water partition coefficient (Wildman–Crippen LogP) is 1.93. The summed E-state index contributed by atoms with van der Waals surface area (Å²) in [6.45, 7) is 1.60. The van der Waals surface area contributed by atoms with E-state index in [0.717, 1.165) is 5.56 Å². The number of likely N-dealkylation sites (tertiary alicyclic amines) is 2. The molecule has 0 saturated carbocycles. The highest BCUT2D eigenvalue weighted by molar-refractivity contribution is 5.96. The Morgan fingerprint density at radius 3 is 2.38 bits per heavy atom. The average molecular weight is 436 g/mol. The molecule has 7 heteroatoms. The van der Waals surface area contributed by atoms with Crippen LogP contribution < -0.4 is 4.74 Å². The molecule has 2 heterocycles. The van der Waals surface area contributed by atoms with Crippen LogP contribution in [0.15, 0.2) is 54.6 Å². The lowest BCUT2D eigenvalue weighted by Crippen LogP contribution is -2.48. The third kappa shape index (κ3) is 3.95. The molecule has 0 aromatic heterocycles. The second-order valence-corrected chi connectivity index (χ2v) is 8.91. The number of ether oxygens (including phenoxy) is 1. The van der Waals surface area contributed by atoms with Gasteiger partial charge in [-0.1, -0.05) is 30.3 Å². The maximum absolute atomic E-state index is 13.3. The molecule has 2 aliphatic heterocycles. The van der Waals surface area contributed by atoms with Gasteiger partial charge >= 0.3 is 0 Å². The fraction of sp³-hybridized carbons (Fsp3) is 0.400. The molecule has 2 aromatic rings. The fourth-order valence-corrected chi connectivity index (χ4v) is 4.99. The van der Waals surface area contributed by atoms with Gasteiger partial charge in [0.25, 0.3) is 5.91 Å². The van der Waals surface area contributed by atoms with Gasteiger partial charge in [-0.05, 0) is 29.8 Å². The molecule has 0 unspecified atom stereocenters. The highest BCUT2D eigenvalue weighted by Crippen LogP contribution is 2.44. The van der Waals surface area contributed by atoms with Crippen molar-refractivity contribution < 1.29 is 19.1 Å². The molecule has 0 bridgehead atoms. The molecule has 0 aliphatic carbocycles. The number of hydrogen-bond donors (Lipinski definition) is 0. The van der Waals surface area contributed by atoms with Crippen molar-refractivity contribution in [1.29, 1.82) is 0 Å². The molecular weight excluding hydrogens is 406 g/mol. The van der Waals surface area contributed by atoms with Gasteiger partial charge in [-0.15, -0.1) is 0 Å². The second-order valence-electron chi connectivity index (χ2n) is 8.91. The Morgan fingerprint density at radius 1 is 1.00 bits per heavy atom. The zero-order valence-electron chi connectivity index (χ0n) is 18.8. The van der Waals surface area contributed by atoms with Crippen molar-refractivity contribution in [2.75, 3.05) is 47.4 Å². The molecule has 2 atom stereocenters. The molecule has 3 amide bonds. The maximum Gasteiger partial charge on any atom is 0.253 e. The van der Waals surface area contributed by atoms with Gasteiger partial charge in [-0.25, -0.2) is 0 Å². The zero-order valence-corrected chi connectivity index (χ0v) is 18.8. The van der Waals surface area contributed by atoms with Crippen LogP contribution in [-0.4, -0.2) is 79.8 Å². The van der Waals surface area contributed by atoms with Crippen molar-refractivity contribution in [2.24, 2.45) is 11.3 Å². The minimum Gasteiger partial charge on any atom is -0.497 e. The highest BCUT2D eigenvalue weighted by atomic mass is 16.5. The Labute approximate surface area is 188 Å². The fourth-order valence-electron chi connectivity index (χ4n) is 4.99. The maximum atomic E-state index is 13.3. The van der Waals surface area contributed by atoms with Crippen LogP contribution >= 0.6 is 0 Å². The molecular formula is C25H29N3O4. The van der Waals surface area contributed by atoms with Gasteiger partial charge in [0.1, 0.15) is 5.75 Å². The van der Waals surface area contributed by atoms with Crippen molar-refractivity contribution in [3.05, 3.63) is 65.7 Å². The summed E-state index contributed by atoms with van der Waals surface area (Å²) in [4.78, 5) is 44.6. The summed E-state index contributed by atoms with van der Waals surface area (Å²) in [7, 11) is 5.06. The van der Waals surface area contributed by atoms with Crippen LogP contribution in [0.4, 0.5) is 0 Å². The molecule has 0 spiro atoms. The predicted molar refractivity (Wildman–Crippen MR) is 120 cm³/mol. The Balaban J connectivity index is 1.52. The van der Waals surface area contributed by atoms with E-state index in [1.165, 1.54) is 0 Å². The van der Waals surface area contributed by atoms with Gasteiger partial charge < -0.3 is 19.4 Å². The summed E-state index contributed by atoms with van der Waals surface area (Å²) in [5.41, 5.74) is 0.726. The summed E-state index contributed by atoms with van der Waals surface area (Å²) < 4.78 is 5.25. The average Bonchev–Trinajstić information content (AvgIpc) is 3.34. The van der Waals surface area contributed by atoms with Crippen LogP contribution in [0.3, 0.4) is 0 Å². The van der Waals surface area contributed by atoms with E-state index in [0.29, 0.717) is 37.5 Å². The number of fused-ring (bicyclic) bond motifs is 1. The van der Waals surface area contributed by atoms with Gasteiger partial charge in [0.2, 0.25) is 11.8 Å². The van der Waals surface area contributed by atoms with Gasteiger partial charge in [-0.3, -0.25) is 14.4 Å². The van der Waals surface area contributed by atoms with Crippen molar-refractivity contribution in [2.45, 2.75) is 6.42 Å². The van der Waals surface area contributed by atoms with Crippen molar-refractivity contribution in [3.8, 4) is 5.75 Å². The van der Waals surface area contributed by atoms with E-state index in [2.05, 4.69) is 0 Å². The van der Waals surface area contributed by atoms with E-state index in [9.17, 15) is 14.4 Å². The van der Waals surface area contributed by atoms with E-state index >= 15 is 0 Å². The van der Waals surface area contributed by atoms with Crippen LogP contribution in [0.25, 0.3) is 0 Å². The zero-order chi connectivity index (χ0) is 22.9. The molecule has 0 radical (unpaired) electrons. The van der Waals surface area contributed by atoms with Crippen molar-refractivity contribution >= 4 is 17.7 Å². The molecule has 4 rings (SSSR count). The number of methoxy groups -OCH3 is 1. The van der Waals surface area contributed by atoms with Crippen LogP contribution in [0.5, 0.6) is 5.75 Å². The number of carbonyl (C=O) groups is 3. The van der Waals surface area contributed by atoms with E-state index < -0.39 is 5.41 Å². The lowest BCUT2D eigenvalue weighted by atomic mass is 9.80. The first-order valence-electron chi connectivity index (χ1n) is 10.8. The van der Waals surface area contributed by atoms with Crippen molar-refractivity contribution in [1.82, 2.24) is 14.7 Å². The first-order valence-corrected chi connectivity index (χ1v) is 10.8. The van der Waals surface area contributed by atoms with Crippen LogP contribution in [0.1, 0.15) is 15.9 Å². The Bertz CT molecular complexity index is 1020. The van der Waals surface area contributed by atoms with E-state index in [-0.39, 0.29) is 30.1 Å². The molecule has 2 aliphatic rings. The first-order chi connectivity index (χ1) is 15.3. The van der Waals surface area contributed by atoms with Gasteiger partial charge in [0, 0.05) is 51.8 Å². The second kappa shape index (κ2) is 8.65. The van der Waals surface area contributed by atoms with Gasteiger partial charge in [-0.2, -0.15) is 0 Å². The van der Waals surface area contributed by atoms with E-state index in [4.69, 9.17) is 4.74 Å². The first kappa shape index (κ1) is 21.9. The Morgan fingerprint density at radius 2 is 1.69 bits per heavy atom. The summed E-state index contributed by atoms with van der Waals surface area (Å²) >= 11 is 0. The molecule has 7 nitrogen and oxygen atoms in total. The topological polar surface area (TPSA) is 70.2 Å². The van der Waals surface area contributed by atoms with Crippen LogP contribution in [0.2, 0.25) is 0 Å². The van der Waals surface area contributed by atoms with E-state index in [1.807, 2.05) is 42.5 Å². The molecule has 2 saturated heterocycles. The smallest absolute Gasteiger partial charge is 0.253 e. The minimum atomic E-state index is -0.766. The lowest BCUT2D eigenvalue weighted by Gasteiger charge is -2.30. The summed E-state index contributed by atoms with van der Waals surface area (Å²) in [5, 5.41) is 0. The third-order valence-corrected chi connectivity index (χ3v) is 6.59. The van der Waals surface area contributed by atoms with Crippen LogP contribution in [-0.2, 0) is 16.0 Å². The van der Waals surface area contributed by atoms with Gasteiger partial charge in [0.15, 0.2) is 0 Å². The SMILES string of the molecule is COc1cccc(CC(=O)N2C[C@@H]3CN(C(=O)c4ccccc4)C[C@]3(C(=O)N(C)C)C2)c1. The number of benzene rings is 2. The Kier molecular flexibility index (Phi) is 5.91. The van der Waals surface area contributed by atoms with Crippen molar-refractivity contribution in [3.63, 3.8) is 0 Å². The monoisotopic (exact) mass is 435 g/mol. The van der Waals surface area contributed by atoms with Crippen LogP contribution in [0, 0.1) is 11.3 Å². The standard InChI is InChI=1S/C25H29N3O4/c1-26(2)24(31)25-16-27(22(29)13-18-8-7-11-21(12-18)32-3)14-20(25)15-28(17-25)23(30)19-9-5-4-6-10-19/h4-12,20H,13-17H2,1-3H3/t20-,25-/m1/s1.